The van der Waals surface area contributed by atoms with Crippen LogP contribution in [0.4, 0.5) is 0 Å². The van der Waals surface area contributed by atoms with Gasteiger partial charge in [-0.3, -0.25) is 4.90 Å². The number of aliphatic hydroxyl groups excluding tert-OH is 1. The van der Waals surface area contributed by atoms with E-state index in [0.29, 0.717) is 18.0 Å². The molecule has 7 heteroatoms. The van der Waals surface area contributed by atoms with Crippen LogP contribution in [0.1, 0.15) is 44.1 Å². The number of methoxy groups -OCH3 is 1. The van der Waals surface area contributed by atoms with Gasteiger partial charge in [0.25, 0.3) is 0 Å². The lowest BCUT2D eigenvalue weighted by molar-refractivity contribution is 0.0374. The van der Waals surface area contributed by atoms with Crippen LogP contribution in [0.3, 0.4) is 0 Å². The lowest BCUT2D eigenvalue weighted by Crippen LogP contribution is -2.37. The highest BCUT2D eigenvalue weighted by atomic mass is 16.5. The summed E-state index contributed by atoms with van der Waals surface area (Å²) < 4.78 is 16.9. The van der Waals surface area contributed by atoms with E-state index in [-0.39, 0.29) is 6.61 Å². The summed E-state index contributed by atoms with van der Waals surface area (Å²) in [6.07, 6.45) is 7.02. The second-order valence-electron chi connectivity index (χ2n) is 9.00. The summed E-state index contributed by atoms with van der Waals surface area (Å²) in [6.45, 7) is 9.79. The molecular weight excluding hydrogens is 406 g/mol. The van der Waals surface area contributed by atoms with Crippen LogP contribution in [0, 0.1) is 0 Å². The molecule has 0 aromatic heterocycles. The monoisotopic (exact) mass is 449 g/mol. The molecule has 3 rings (SSSR count). The van der Waals surface area contributed by atoms with E-state index in [4.69, 9.17) is 14.2 Å². The van der Waals surface area contributed by atoms with Crippen LogP contribution in [0.25, 0.3) is 0 Å². The number of rotatable bonds is 12. The fourth-order valence-corrected chi connectivity index (χ4v) is 4.46. The average Bonchev–Trinajstić information content (AvgIpc) is 2.80. The molecule has 1 aromatic rings. The Hall–Kier alpha value is -1.38. The van der Waals surface area contributed by atoms with Gasteiger partial charge in [-0.2, -0.15) is 0 Å². The molecule has 2 heterocycles. The third-order valence-corrected chi connectivity index (χ3v) is 6.34. The van der Waals surface area contributed by atoms with Crippen molar-refractivity contribution in [1.82, 2.24) is 15.1 Å². The van der Waals surface area contributed by atoms with E-state index < -0.39 is 6.10 Å². The predicted octanol–water partition coefficient (Wildman–Crippen LogP) is 2.51. The normalized spacial score (nSPS) is 19.8. The van der Waals surface area contributed by atoms with Crippen molar-refractivity contribution in [2.24, 2.45) is 0 Å². The number of benzene rings is 1. The van der Waals surface area contributed by atoms with E-state index in [1.807, 2.05) is 12.1 Å². The molecule has 2 N–H and O–H groups in total. The van der Waals surface area contributed by atoms with Crippen LogP contribution >= 0.6 is 0 Å². The molecule has 32 heavy (non-hydrogen) atoms. The molecule has 0 radical (unpaired) electrons. The minimum absolute atomic E-state index is 0.281. The summed E-state index contributed by atoms with van der Waals surface area (Å²) in [5.41, 5.74) is 1.16. The molecule has 0 spiro atoms. The minimum Gasteiger partial charge on any atom is -0.493 e. The molecule has 7 nitrogen and oxygen atoms in total. The number of morpholine rings is 1. The van der Waals surface area contributed by atoms with Crippen molar-refractivity contribution in [1.29, 1.82) is 0 Å². The van der Waals surface area contributed by atoms with Crippen LogP contribution in [0.5, 0.6) is 11.5 Å². The Morgan fingerprint density at radius 3 is 2.50 bits per heavy atom. The van der Waals surface area contributed by atoms with Crippen molar-refractivity contribution in [2.75, 3.05) is 72.7 Å². The van der Waals surface area contributed by atoms with Gasteiger partial charge in [0, 0.05) is 26.2 Å². The maximum Gasteiger partial charge on any atom is 0.161 e. The summed E-state index contributed by atoms with van der Waals surface area (Å²) >= 11 is 0. The van der Waals surface area contributed by atoms with Gasteiger partial charge in [-0.15, -0.1) is 0 Å². The number of nitrogens with one attached hydrogen (secondary N) is 1. The van der Waals surface area contributed by atoms with Gasteiger partial charge in [-0.05, 0) is 63.1 Å². The summed E-state index contributed by atoms with van der Waals surface area (Å²) in [5, 5.41) is 14.1. The topological polar surface area (TPSA) is 66.4 Å². The number of β-amino-alcohol motifs (C(OH)–C–C–N with tert-alkyl or cyclic N) is 1. The van der Waals surface area contributed by atoms with Crippen molar-refractivity contribution in [2.45, 2.75) is 51.2 Å². The highest BCUT2D eigenvalue weighted by molar-refractivity contribution is 5.43. The van der Waals surface area contributed by atoms with Gasteiger partial charge in [-0.25, -0.2) is 0 Å². The molecular formula is C25H43N3O4. The van der Waals surface area contributed by atoms with Crippen LogP contribution in [-0.2, 0) is 11.3 Å². The highest BCUT2D eigenvalue weighted by Crippen LogP contribution is 2.28. The number of ether oxygens (including phenoxy) is 3. The molecule has 182 valence electrons. The Morgan fingerprint density at radius 1 is 1.00 bits per heavy atom. The Balaban J connectivity index is 1.39. The van der Waals surface area contributed by atoms with E-state index in [9.17, 15) is 5.11 Å². The predicted molar refractivity (Wildman–Crippen MR) is 128 cm³/mol. The van der Waals surface area contributed by atoms with Crippen molar-refractivity contribution >= 4 is 0 Å². The van der Waals surface area contributed by atoms with Gasteiger partial charge >= 0.3 is 0 Å². The summed E-state index contributed by atoms with van der Waals surface area (Å²) in [7, 11) is 1.66. The fourth-order valence-electron chi connectivity index (χ4n) is 4.46. The zero-order valence-corrected chi connectivity index (χ0v) is 19.9. The zero-order chi connectivity index (χ0) is 22.4. The van der Waals surface area contributed by atoms with E-state index in [0.717, 1.165) is 71.0 Å². The van der Waals surface area contributed by atoms with Crippen molar-refractivity contribution in [3.63, 3.8) is 0 Å². The third kappa shape index (κ3) is 9.24. The Kier molecular flexibility index (Phi) is 11.6. The minimum atomic E-state index is -0.499. The molecule has 0 unspecified atom stereocenters. The molecule has 1 aromatic carbocycles. The zero-order valence-electron chi connectivity index (χ0n) is 19.9. The van der Waals surface area contributed by atoms with E-state index in [2.05, 4.69) is 21.2 Å². The highest BCUT2D eigenvalue weighted by Gasteiger charge is 2.15. The first-order valence-corrected chi connectivity index (χ1v) is 12.5. The van der Waals surface area contributed by atoms with Gasteiger partial charge in [0.1, 0.15) is 12.7 Å². The summed E-state index contributed by atoms with van der Waals surface area (Å²) in [5.74, 6) is 1.41. The molecule has 0 saturated carbocycles. The lowest BCUT2D eigenvalue weighted by atomic mass is 10.1. The maximum atomic E-state index is 10.5. The molecule has 1 atom stereocenters. The van der Waals surface area contributed by atoms with Gasteiger partial charge in [0.15, 0.2) is 11.5 Å². The smallest absolute Gasteiger partial charge is 0.161 e. The molecule has 0 bridgehead atoms. The lowest BCUT2D eigenvalue weighted by Gasteiger charge is -2.27. The number of nitrogens with zero attached hydrogens (tertiary/aromatic N) is 2. The van der Waals surface area contributed by atoms with E-state index >= 15 is 0 Å². The molecule has 2 aliphatic rings. The van der Waals surface area contributed by atoms with Crippen LogP contribution in [0.2, 0.25) is 0 Å². The number of aliphatic hydroxyl groups is 1. The number of hydrogen-bond acceptors (Lipinski definition) is 7. The second kappa shape index (κ2) is 14.7. The quantitative estimate of drug-likeness (QED) is 0.475. The van der Waals surface area contributed by atoms with Crippen LogP contribution < -0.4 is 14.8 Å². The molecule has 2 aliphatic heterocycles. The molecule has 0 amide bonds. The largest absolute Gasteiger partial charge is 0.493 e. The van der Waals surface area contributed by atoms with Gasteiger partial charge < -0.3 is 29.5 Å². The first kappa shape index (κ1) is 25.2. The fraction of sp³-hybridized carbons (Fsp3) is 0.760. The van der Waals surface area contributed by atoms with Gasteiger partial charge in [-0.1, -0.05) is 25.3 Å². The summed E-state index contributed by atoms with van der Waals surface area (Å²) in [4.78, 5) is 4.84. The number of hydrogen-bond donors (Lipinski definition) is 2. The Labute approximate surface area is 194 Å². The van der Waals surface area contributed by atoms with Crippen LogP contribution in [0.15, 0.2) is 18.2 Å². The van der Waals surface area contributed by atoms with Crippen molar-refractivity contribution in [3.05, 3.63) is 23.8 Å². The molecule has 0 aliphatic carbocycles. The van der Waals surface area contributed by atoms with E-state index in [1.165, 1.54) is 32.1 Å². The summed E-state index contributed by atoms with van der Waals surface area (Å²) in [6, 6.07) is 6.04. The van der Waals surface area contributed by atoms with Gasteiger partial charge in [0.05, 0.1) is 20.3 Å². The third-order valence-electron chi connectivity index (χ3n) is 6.34. The van der Waals surface area contributed by atoms with Crippen molar-refractivity contribution in [3.8, 4) is 11.5 Å². The van der Waals surface area contributed by atoms with Crippen LogP contribution in [-0.4, -0.2) is 93.8 Å². The molecule has 2 saturated heterocycles. The number of likely N-dealkylation sites (tertiary alicyclic amines) is 1. The Bertz CT molecular complexity index is 632. The second-order valence-corrected chi connectivity index (χ2v) is 9.00. The maximum absolute atomic E-state index is 10.5. The van der Waals surface area contributed by atoms with E-state index in [1.54, 1.807) is 7.11 Å². The van der Waals surface area contributed by atoms with Crippen molar-refractivity contribution < 1.29 is 19.3 Å². The SMILES string of the molecule is COc1ccc(CNCCCN2CCOCC2)cc1OC[C@H](O)CN1CCCCCCC1. The Morgan fingerprint density at radius 2 is 1.75 bits per heavy atom. The standard InChI is InChI=1S/C25H43N3O4/c1-30-24-9-8-22(19-26-10-7-13-27-14-16-31-17-15-27)18-25(24)32-21-23(29)20-28-11-5-3-2-4-6-12-28/h8-9,18,23,26,29H,2-7,10-17,19-21H2,1H3/t23-/m1/s1. The molecule has 2 fully saturated rings. The first-order valence-electron chi connectivity index (χ1n) is 12.5. The first-order chi connectivity index (χ1) is 15.7. The van der Waals surface area contributed by atoms with Gasteiger partial charge in [0.2, 0.25) is 0 Å². The average molecular weight is 450 g/mol.